The van der Waals surface area contributed by atoms with Gasteiger partial charge in [0, 0.05) is 17.7 Å². The van der Waals surface area contributed by atoms with Crippen molar-refractivity contribution in [1.82, 2.24) is 5.32 Å². The molecule has 0 spiro atoms. The van der Waals surface area contributed by atoms with Gasteiger partial charge in [0.15, 0.2) is 0 Å². The van der Waals surface area contributed by atoms with E-state index >= 15 is 0 Å². The van der Waals surface area contributed by atoms with Crippen molar-refractivity contribution >= 4 is 11.8 Å². The predicted octanol–water partition coefficient (Wildman–Crippen LogP) is 4.58. The Labute approximate surface area is 145 Å². The molecule has 0 fully saturated rings. The second kappa shape index (κ2) is 7.21. The van der Waals surface area contributed by atoms with E-state index in [-0.39, 0.29) is 11.4 Å². The molecule has 0 aliphatic rings. The number of ether oxygens (including phenoxy) is 2. The third-order valence-corrected chi connectivity index (χ3v) is 3.06. The molecule has 1 N–H and O–H groups in total. The molecule has 25 heavy (non-hydrogen) atoms. The van der Waals surface area contributed by atoms with Gasteiger partial charge >= 0.3 is 11.8 Å². The van der Waals surface area contributed by atoms with Gasteiger partial charge in [0.25, 0.3) is 0 Å². The van der Waals surface area contributed by atoms with Crippen molar-refractivity contribution in [1.29, 1.82) is 0 Å². The maximum atomic E-state index is 11.9. The van der Waals surface area contributed by atoms with Gasteiger partial charge in [0.05, 0.1) is 4.92 Å². The Morgan fingerprint density at radius 3 is 2.24 bits per heavy atom. The van der Waals surface area contributed by atoms with E-state index in [2.05, 4.69) is 5.32 Å². The first-order chi connectivity index (χ1) is 11.6. The van der Waals surface area contributed by atoms with Crippen LogP contribution in [0.2, 0.25) is 0 Å². The molecule has 7 heteroatoms. The van der Waals surface area contributed by atoms with Crippen molar-refractivity contribution in [2.24, 2.45) is 0 Å². The molecular formula is C18H20N2O5. The van der Waals surface area contributed by atoms with Crippen LogP contribution in [0, 0.1) is 17.0 Å². The number of hydrogen-bond donors (Lipinski definition) is 1. The van der Waals surface area contributed by atoms with Gasteiger partial charge in [-0.2, -0.15) is 0 Å². The van der Waals surface area contributed by atoms with Crippen LogP contribution in [0.15, 0.2) is 42.5 Å². The number of nitro benzene ring substituents is 1. The van der Waals surface area contributed by atoms with E-state index in [9.17, 15) is 14.9 Å². The Balaban J connectivity index is 2.25. The molecule has 2 aromatic carbocycles. The summed E-state index contributed by atoms with van der Waals surface area (Å²) in [6, 6.07) is 11.3. The van der Waals surface area contributed by atoms with Crippen molar-refractivity contribution in [3.63, 3.8) is 0 Å². The maximum absolute atomic E-state index is 11.9. The lowest BCUT2D eigenvalue weighted by molar-refractivity contribution is -0.385. The first-order valence-corrected chi connectivity index (χ1v) is 7.67. The molecule has 0 aromatic heterocycles. The highest BCUT2D eigenvalue weighted by Crippen LogP contribution is 2.33. The normalized spacial score (nSPS) is 10.9. The van der Waals surface area contributed by atoms with E-state index < -0.39 is 16.6 Å². The second-order valence-electron chi connectivity index (χ2n) is 6.57. The zero-order chi connectivity index (χ0) is 18.6. The smallest absolute Gasteiger partial charge is 0.413 e. The number of nitrogens with zero attached hydrogens (tertiary/aromatic N) is 1. The van der Waals surface area contributed by atoms with Gasteiger partial charge in [-0.25, -0.2) is 4.79 Å². The van der Waals surface area contributed by atoms with Crippen LogP contribution in [-0.2, 0) is 0 Å². The molecule has 0 saturated carbocycles. The van der Waals surface area contributed by atoms with Crippen molar-refractivity contribution in [3.05, 3.63) is 58.1 Å². The van der Waals surface area contributed by atoms with Crippen molar-refractivity contribution in [3.8, 4) is 17.2 Å². The molecular weight excluding hydrogens is 324 g/mol. The predicted molar refractivity (Wildman–Crippen MR) is 93.3 cm³/mol. The fourth-order valence-electron chi connectivity index (χ4n) is 1.96. The number of rotatable bonds is 4. The van der Waals surface area contributed by atoms with Gasteiger partial charge in [-0.05, 0) is 45.9 Å². The van der Waals surface area contributed by atoms with Gasteiger partial charge in [0.2, 0.25) is 5.75 Å². The number of aryl methyl sites for hydroxylation is 1. The van der Waals surface area contributed by atoms with Gasteiger partial charge in [-0.3, -0.25) is 10.1 Å². The molecule has 0 aliphatic heterocycles. The lowest BCUT2D eigenvalue weighted by Gasteiger charge is -2.19. The van der Waals surface area contributed by atoms with Crippen molar-refractivity contribution in [2.75, 3.05) is 0 Å². The number of hydrogen-bond acceptors (Lipinski definition) is 5. The number of nitro groups is 1. The summed E-state index contributed by atoms with van der Waals surface area (Å²) in [5.74, 6) is 0.717. The summed E-state index contributed by atoms with van der Waals surface area (Å²) < 4.78 is 10.8. The highest BCUT2D eigenvalue weighted by Gasteiger charge is 2.22. The van der Waals surface area contributed by atoms with E-state index in [1.54, 1.807) is 32.9 Å². The molecule has 1 amide bonds. The number of carbonyl (C=O) groups excluding carboxylic acids is 1. The average Bonchev–Trinajstić information content (AvgIpc) is 2.47. The van der Waals surface area contributed by atoms with Crippen LogP contribution in [0.5, 0.6) is 17.2 Å². The molecule has 2 rings (SSSR count). The first kappa shape index (κ1) is 18.3. The van der Waals surface area contributed by atoms with E-state index in [0.717, 1.165) is 5.56 Å². The van der Waals surface area contributed by atoms with Crippen LogP contribution in [-0.4, -0.2) is 16.6 Å². The summed E-state index contributed by atoms with van der Waals surface area (Å²) >= 11 is 0. The Kier molecular flexibility index (Phi) is 5.26. The molecule has 0 saturated heterocycles. The van der Waals surface area contributed by atoms with Gasteiger partial charge in [-0.15, -0.1) is 0 Å². The fourth-order valence-corrected chi connectivity index (χ4v) is 1.96. The lowest BCUT2D eigenvalue weighted by Crippen LogP contribution is -2.42. The van der Waals surface area contributed by atoms with E-state index in [0.29, 0.717) is 11.5 Å². The van der Waals surface area contributed by atoms with Crippen LogP contribution < -0.4 is 14.8 Å². The third-order valence-electron chi connectivity index (χ3n) is 3.06. The molecule has 0 bridgehead atoms. The highest BCUT2D eigenvalue weighted by atomic mass is 16.6. The lowest BCUT2D eigenvalue weighted by atomic mass is 10.1. The largest absolute Gasteiger partial charge is 0.457 e. The number of benzene rings is 2. The van der Waals surface area contributed by atoms with Crippen molar-refractivity contribution in [2.45, 2.75) is 33.2 Å². The summed E-state index contributed by atoms with van der Waals surface area (Å²) in [7, 11) is 0. The maximum Gasteiger partial charge on any atom is 0.413 e. The molecule has 2 aromatic rings. The zero-order valence-electron chi connectivity index (χ0n) is 14.5. The number of carbonyl (C=O) groups is 1. The Morgan fingerprint density at radius 1 is 1.08 bits per heavy atom. The number of nitrogens with one attached hydrogen (secondary N) is 1. The second-order valence-corrected chi connectivity index (χ2v) is 6.57. The topological polar surface area (TPSA) is 90.7 Å². The molecule has 132 valence electrons. The Morgan fingerprint density at radius 2 is 1.68 bits per heavy atom. The van der Waals surface area contributed by atoms with E-state index in [1.165, 1.54) is 18.2 Å². The van der Waals surface area contributed by atoms with E-state index in [1.807, 2.05) is 19.1 Å². The highest BCUT2D eigenvalue weighted by molar-refractivity contribution is 5.73. The zero-order valence-corrected chi connectivity index (χ0v) is 14.5. The Bertz CT molecular complexity index is 779. The monoisotopic (exact) mass is 344 g/mol. The minimum absolute atomic E-state index is 0.184. The molecule has 0 heterocycles. The van der Waals surface area contributed by atoms with Crippen LogP contribution in [0.4, 0.5) is 10.5 Å². The quantitative estimate of drug-likeness (QED) is 0.647. The SMILES string of the molecule is Cc1ccc(Oc2ccc([N+](=O)[O-])c(OC(=O)NC(C)(C)C)c2)cc1. The van der Waals surface area contributed by atoms with Gasteiger partial charge in [-0.1, -0.05) is 17.7 Å². The van der Waals surface area contributed by atoms with Crippen LogP contribution >= 0.6 is 0 Å². The fraction of sp³-hybridized carbons (Fsp3) is 0.278. The van der Waals surface area contributed by atoms with E-state index in [4.69, 9.17) is 9.47 Å². The van der Waals surface area contributed by atoms with Crippen molar-refractivity contribution < 1.29 is 19.2 Å². The standard InChI is InChI=1S/C18H20N2O5/c1-12-5-7-13(8-6-12)24-14-9-10-15(20(22)23)16(11-14)25-17(21)19-18(2,3)4/h5-11H,1-4H3,(H,19,21). The third kappa shape index (κ3) is 5.49. The molecule has 7 nitrogen and oxygen atoms in total. The van der Waals surface area contributed by atoms with Crippen LogP contribution in [0.25, 0.3) is 0 Å². The minimum Gasteiger partial charge on any atom is -0.457 e. The summed E-state index contributed by atoms with van der Waals surface area (Å²) in [5, 5.41) is 13.7. The Hall–Kier alpha value is -3.09. The summed E-state index contributed by atoms with van der Waals surface area (Å²) in [4.78, 5) is 22.4. The summed E-state index contributed by atoms with van der Waals surface area (Å²) in [6.07, 6.45) is -0.775. The van der Waals surface area contributed by atoms with Crippen LogP contribution in [0.3, 0.4) is 0 Å². The van der Waals surface area contributed by atoms with Gasteiger partial charge < -0.3 is 14.8 Å². The minimum atomic E-state index is -0.775. The van der Waals surface area contributed by atoms with Crippen LogP contribution in [0.1, 0.15) is 26.3 Å². The summed E-state index contributed by atoms with van der Waals surface area (Å²) in [6.45, 7) is 7.29. The average molecular weight is 344 g/mol. The number of amides is 1. The van der Waals surface area contributed by atoms with Gasteiger partial charge in [0.1, 0.15) is 11.5 Å². The first-order valence-electron chi connectivity index (χ1n) is 7.67. The molecule has 0 unspecified atom stereocenters. The summed E-state index contributed by atoms with van der Waals surface area (Å²) in [5.41, 5.74) is 0.237. The molecule has 0 aliphatic carbocycles. The molecule has 0 radical (unpaired) electrons. The molecule has 0 atom stereocenters.